The van der Waals surface area contributed by atoms with Crippen LogP contribution in [0.2, 0.25) is 0 Å². The Bertz CT molecular complexity index is 409. The third-order valence-corrected chi connectivity index (χ3v) is 7.47. The van der Waals surface area contributed by atoms with E-state index in [1.807, 2.05) is 0 Å². The summed E-state index contributed by atoms with van der Waals surface area (Å²) >= 11 is 0. The molecule has 3 saturated carbocycles. The van der Waals surface area contributed by atoms with E-state index in [9.17, 15) is 9.59 Å². The van der Waals surface area contributed by atoms with Crippen LogP contribution in [0.1, 0.15) is 77.0 Å². The van der Waals surface area contributed by atoms with Crippen LogP contribution in [0, 0.1) is 35.5 Å². The molecular formula is C21H34O3. The van der Waals surface area contributed by atoms with Crippen LogP contribution in [0.15, 0.2) is 0 Å². The third-order valence-electron chi connectivity index (χ3n) is 7.47. The summed E-state index contributed by atoms with van der Waals surface area (Å²) in [7, 11) is 1.51. The van der Waals surface area contributed by atoms with Crippen molar-refractivity contribution in [3.63, 3.8) is 0 Å². The molecule has 0 aliphatic heterocycles. The second-order valence-corrected chi connectivity index (χ2v) is 8.62. The SMILES string of the molecule is COC(=O)[C@H]1CC[C@H]([C@H]2CC[C@H]([C@H]3CC[C@H](C=O)CC3)CC2)CC1. The molecule has 0 unspecified atom stereocenters. The van der Waals surface area contributed by atoms with Gasteiger partial charge in [0.15, 0.2) is 0 Å². The Hall–Kier alpha value is -0.860. The number of hydrogen-bond acceptors (Lipinski definition) is 3. The van der Waals surface area contributed by atoms with Gasteiger partial charge in [0.1, 0.15) is 6.29 Å². The summed E-state index contributed by atoms with van der Waals surface area (Å²) < 4.78 is 4.91. The number of methoxy groups -OCH3 is 1. The fourth-order valence-electron chi connectivity index (χ4n) is 5.83. The molecule has 0 heterocycles. The lowest BCUT2D eigenvalue weighted by atomic mass is 9.65. The van der Waals surface area contributed by atoms with Crippen LogP contribution in [0.5, 0.6) is 0 Å². The van der Waals surface area contributed by atoms with Crippen LogP contribution in [0.25, 0.3) is 0 Å². The Kier molecular flexibility index (Phi) is 6.35. The largest absolute Gasteiger partial charge is 0.469 e. The highest BCUT2D eigenvalue weighted by atomic mass is 16.5. The van der Waals surface area contributed by atoms with Crippen LogP contribution < -0.4 is 0 Å². The first-order chi connectivity index (χ1) is 11.7. The number of carbonyl (C=O) groups excluding carboxylic acids is 2. The minimum absolute atomic E-state index is 0.00286. The fraction of sp³-hybridized carbons (Fsp3) is 0.905. The maximum Gasteiger partial charge on any atom is 0.308 e. The molecule has 0 bridgehead atoms. The molecule has 24 heavy (non-hydrogen) atoms. The summed E-state index contributed by atoms with van der Waals surface area (Å²) in [5.74, 6) is 4.06. The molecule has 0 saturated heterocycles. The average Bonchev–Trinajstić information content (AvgIpc) is 2.68. The minimum atomic E-state index is 0.00286. The smallest absolute Gasteiger partial charge is 0.308 e. The van der Waals surface area contributed by atoms with Gasteiger partial charge in [0, 0.05) is 5.92 Å². The van der Waals surface area contributed by atoms with Crippen LogP contribution >= 0.6 is 0 Å². The van der Waals surface area contributed by atoms with Crippen molar-refractivity contribution in [2.24, 2.45) is 35.5 Å². The number of carbonyl (C=O) groups is 2. The topological polar surface area (TPSA) is 43.4 Å². The normalized spacial score (nSPS) is 40.7. The number of aldehydes is 1. The van der Waals surface area contributed by atoms with Crippen molar-refractivity contribution >= 4 is 12.3 Å². The first-order valence-electron chi connectivity index (χ1n) is 10.2. The zero-order valence-corrected chi connectivity index (χ0v) is 15.3. The van der Waals surface area contributed by atoms with Gasteiger partial charge in [-0.2, -0.15) is 0 Å². The van der Waals surface area contributed by atoms with Gasteiger partial charge in [0.2, 0.25) is 0 Å². The molecule has 0 spiro atoms. The van der Waals surface area contributed by atoms with E-state index in [0.717, 1.165) is 49.4 Å². The summed E-state index contributed by atoms with van der Waals surface area (Å²) in [6, 6.07) is 0. The zero-order chi connectivity index (χ0) is 16.9. The molecule has 3 rings (SSSR count). The molecule has 0 atom stereocenters. The van der Waals surface area contributed by atoms with Crippen molar-refractivity contribution in [1.29, 1.82) is 0 Å². The lowest BCUT2D eigenvalue weighted by Gasteiger charge is -2.40. The van der Waals surface area contributed by atoms with E-state index in [1.165, 1.54) is 64.8 Å². The van der Waals surface area contributed by atoms with Gasteiger partial charge >= 0.3 is 5.97 Å². The van der Waals surface area contributed by atoms with Gasteiger partial charge in [-0.25, -0.2) is 0 Å². The van der Waals surface area contributed by atoms with Crippen molar-refractivity contribution in [2.45, 2.75) is 77.0 Å². The molecule has 3 aliphatic carbocycles. The zero-order valence-electron chi connectivity index (χ0n) is 15.3. The van der Waals surface area contributed by atoms with E-state index in [-0.39, 0.29) is 11.9 Å². The summed E-state index contributed by atoms with van der Waals surface area (Å²) in [5, 5.41) is 0. The van der Waals surface area contributed by atoms with E-state index in [2.05, 4.69) is 0 Å². The Morgan fingerprint density at radius 2 is 1.08 bits per heavy atom. The predicted octanol–water partition coefficient (Wildman–Crippen LogP) is 4.78. The number of hydrogen-bond donors (Lipinski definition) is 0. The van der Waals surface area contributed by atoms with Gasteiger partial charge in [0.05, 0.1) is 13.0 Å². The maximum absolute atomic E-state index is 11.7. The quantitative estimate of drug-likeness (QED) is 0.549. The fourth-order valence-corrected chi connectivity index (χ4v) is 5.83. The molecule has 0 radical (unpaired) electrons. The highest BCUT2D eigenvalue weighted by molar-refractivity contribution is 5.72. The van der Waals surface area contributed by atoms with Crippen LogP contribution in [0.3, 0.4) is 0 Å². The first-order valence-corrected chi connectivity index (χ1v) is 10.2. The lowest BCUT2D eigenvalue weighted by molar-refractivity contribution is -0.147. The van der Waals surface area contributed by atoms with Crippen LogP contribution in [0.4, 0.5) is 0 Å². The molecule has 136 valence electrons. The number of rotatable bonds is 4. The number of esters is 1. The molecule has 3 nitrogen and oxygen atoms in total. The van der Waals surface area contributed by atoms with E-state index < -0.39 is 0 Å². The molecule has 3 aliphatic rings. The standard InChI is InChI=1S/C21H34O3/c1-24-21(23)20-12-10-19(11-13-20)18-8-6-17(7-9-18)16-4-2-15(14-22)3-5-16/h14-20H,2-13H2,1H3/t15-,16-,17-,18-,19-,20-. The van der Waals surface area contributed by atoms with E-state index >= 15 is 0 Å². The van der Waals surface area contributed by atoms with Crippen molar-refractivity contribution in [2.75, 3.05) is 7.11 Å². The highest BCUT2D eigenvalue weighted by Gasteiger charge is 2.35. The van der Waals surface area contributed by atoms with Gasteiger partial charge in [-0.1, -0.05) is 0 Å². The lowest BCUT2D eigenvalue weighted by Crippen LogP contribution is -2.31. The van der Waals surface area contributed by atoms with Crippen LogP contribution in [-0.4, -0.2) is 19.4 Å². The highest BCUT2D eigenvalue weighted by Crippen LogP contribution is 2.45. The molecule has 0 aromatic carbocycles. The van der Waals surface area contributed by atoms with Gasteiger partial charge in [-0.3, -0.25) is 4.79 Å². The molecule has 3 fully saturated rings. The molecular weight excluding hydrogens is 300 g/mol. The Balaban J connectivity index is 1.40. The summed E-state index contributed by atoms with van der Waals surface area (Å²) in [6.45, 7) is 0. The van der Waals surface area contributed by atoms with Crippen molar-refractivity contribution in [1.82, 2.24) is 0 Å². The van der Waals surface area contributed by atoms with E-state index in [1.54, 1.807) is 0 Å². The summed E-state index contributed by atoms with van der Waals surface area (Å²) in [6.07, 6.45) is 16.1. The van der Waals surface area contributed by atoms with Crippen molar-refractivity contribution in [3.05, 3.63) is 0 Å². The van der Waals surface area contributed by atoms with Crippen LogP contribution in [-0.2, 0) is 14.3 Å². The minimum Gasteiger partial charge on any atom is -0.469 e. The van der Waals surface area contributed by atoms with Gasteiger partial charge in [0.25, 0.3) is 0 Å². The first kappa shape index (κ1) is 17.9. The summed E-state index contributed by atoms with van der Waals surface area (Å²) in [4.78, 5) is 22.6. The second-order valence-electron chi connectivity index (χ2n) is 8.62. The predicted molar refractivity (Wildman–Crippen MR) is 94.4 cm³/mol. The Morgan fingerprint density at radius 3 is 1.46 bits per heavy atom. The van der Waals surface area contributed by atoms with E-state index in [4.69, 9.17) is 4.74 Å². The van der Waals surface area contributed by atoms with Gasteiger partial charge < -0.3 is 9.53 Å². The van der Waals surface area contributed by atoms with E-state index in [0.29, 0.717) is 5.92 Å². The van der Waals surface area contributed by atoms with Crippen molar-refractivity contribution in [3.8, 4) is 0 Å². The monoisotopic (exact) mass is 334 g/mol. The Morgan fingerprint density at radius 1 is 0.708 bits per heavy atom. The molecule has 3 heteroatoms. The number of ether oxygens (including phenoxy) is 1. The third kappa shape index (κ3) is 4.21. The maximum atomic E-state index is 11.7. The van der Waals surface area contributed by atoms with Gasteiger partial charge in [-0.15, -0.1) is 0 Å². The Labute approximate surface area is 146 Å². The molecule has 0 amide bonds. The molecule has 0 aromatic rings. The molecule has 0 N–H and O–H groups in total. The molecule has 0 aromatic heterocycles. The average molecular weight is 335 g/mol. The second kappa shape index (κ2) is 8.49. The van der Waals surface area contributed by atoms with Crippen molar-refractivity contribution < 1.29 is 14.3 Å². The summed E-state index contributed by atoms with van der Waals surface area (Å²) in [5.41, 5.74) is 0. The van der Waals surface area contributed by atoms with Gasteiger partial charge in [-0.05, 0) is 101 Å².